The van der Waals surface area contributed by atoms with Crippen LogP contribution < -0.4 is 11.1 Å². The van der Waals surface area contributed by atoms with Crippen LogP contribution in [0.2, 0.25) is 0 Å². The molecule has 1 rings (SSSR count). The van der Waals surface area contributed by atoms with E-state index in [0.29, 0.717) is 19.1 Å². The number of hydrogen-bond acceptors (Lipinski definition) is 4. The van der Waals surface area contributed by atoms with Gasteiger partial charge in [0.05, 0.1) is 6.61 Å². The van der Waals surface area contributed by atoms with E-state index in [2.05, 4.69) is 10.5 Å². The normalized spacial score (nSPS) is 22.8. The van der Waals surface area contributed by atoms with Crippen LogP contribution in [0.3, 0.4) is 0 Å². The zero-order valence-corrected chi connectivity index (χ0v) is 10.3. The Morgan fingerprint density at radius 2 is 2.35 bits per heavy atom. The average Bonchev–Trinajstić information content (AvgIpc) is 2.78. The fraction of sp³-hybridized carbons (Fsp3) is 0.818. The van der Waals surface area contributed by atoms with E-state index in [1.54, 1.807) is 0 Å². The second kappa shape index (κ2) is 6.44. The van der Waals surface area contributed by atoms with Crippen molar-refractivity contribution in [2.24, 2.45) is 28.6 Å². The fourth-order valence-electron chi connectivity index (χ4n) is 1.94. The first-order chi connectivity index (χ1) is 8.06. The number of ether oxygens (including phenoxy) is 1. The van der Waals surface area contributed by atoms with Gasteiger partial charge in [0.1, 0.15) is 5.92 Å². The predicted molar refractivity (Wildman–Crippen MR) is 63.7 cm³/mol. The number of carbonyl (C=O) groups excluding carboxylic acids is 1. The molecule has 1 fully saturated rings. The highest BCUT2D eigenvalue weighted by molar-refractivity contribution is 6.02. The Morgan fingerprint density at radius 3 is 2.82 bits per heavy atom. The first kappa shape index (κ1) is 13.8. The minimum Gasteiger partial charge on any atom is -0.409 e. The lowest BCUT2D eigenvalue weighted by molar-refractivity contribution is -0.124. The summed E-state index contributed by atoms with van der Waals surface area (Å²) in [6, 6.07) is 0. The van der Waals surface area contributed by atoms with Gasteiger partial charge in [-0.2, -0.15) is 0 Å². The average molecular weight is 243 g/mol. The molecule has 0 saturated carbocycles. The van der Waals surface area contributed by atoms with Gasteiger partial charge in [-0.25, -0.2) is 0 Å². The molecule has 1 amide bonds. The third-order valence-electron chi connectivity index (χ3n) is 2.97. The van der Waals surface area contributed by atoms with E-state index in [1.165, 1.54) is 0 Å². The molecule has 1 aliphatic heterocycles. The third kappa shape index (κ3) is 3.89. The second-order valence-electron chi connectivity index (χ2n) is 4.72. The van der Waals surface area contributed by atoms with Gasteiger partial charge in [0.15, 0.2) is 5.84 Å². The molecule has 0 aromatic carbocycles. The van der Waals surface area contributed by atoms with Gasteiger partial charge in [0, 0.05) is 19.1 Å². The van der Waals surface area contributed by atoms with Crippen LogP contribution in [-0.2, 0) is 9.53 Å². The highest BCUT2D eigenvalue weighted by Gasteiger charge is 2.27. The molecule has 17 heavy (non-hydrogen) atoms. The fourth-order valence-corrected chi connectivity index (χ4v) is 1.94. The molecule has 2 atom stereocenters. The van der Waals surface area contributed by atoms with Crippen molar-refractivity contribution >= 4 is 11.7 Å². The molecule has 0 aromatic rings. The molecular formula is C11H21N3O3. The molecule has 0 aliphatic carbocycles. The Balaban J connectivity index is 2.47. The van der Waals surface area contributed by atoms with Crippen LogP contribution in [0.25, 0.3) is 0 Å². The van der Waals surface area contributed by atoms with E-state index in [-0.39, 0.29) is 17.7 Å². The SMILES string of the molecule is CC(C)C(C(=O)NCC1CCOC1)C(N)=NO. The van der Waals surface area contributed by atoms with Gasteiger partial charge in [-0.1, -0.05) is 19.0 Å². The van der Waals surface area contributed by atoms with Gasteiger partial charge >= 0.3 is 0 Å². The predicted octanol–water partition coefficient (Wildman–Crippen LogP) is 0.158. The summed E-state index contributed by atoms with van der Waals surface area (Å²) in [6.45, 7) is 5.76. The van der Waals surface area contributed by atoms with E-state index in [0.717, 1.165) is 13.0 Å². The number of nitrogens with zero attached hydrogens (tertiary/aromatic N) is 1. The van der Waals surface area contributed by atoms with Crippen molar-refractivity contribution in [3.63, 3.8) is 0 Å². The number of amidine groups is 1. The van der Waals surface area contributed by atoms with Crippen molar-refractivity contribution in [1.82, 2.24) is 5.32 Å². The number of rotatable bonds is 5. The number of amides is 1. The van der Waals surface area contributed by atoms with Crippen molar-refractivity contribution in [3.05, 3.63) is 0 Å². The number of oxime groups is 1. The van der Waals surface area contributed by atoms with E-state index >= 15 is 0 Å². The zero-order valence-electron chi connectivity index (χ0n) is 10.3. The summed E-state index contributed by atoms with van der Waals surface area (Å²) in [6.07, 6.45) is 0.968. The topological polar surface area (TPSA) is 96.9 Å². The minimum absolute atomic E-state index is 0.00859. The molecular weight excluding hydrogens is 222 g/mol. The van der Waals surface area contributed by atoms with Crippen molar-refractivity contribution in [3.8, 4) is 0 Å². The quantitative estimate of drug-likeness (QED) is 0.277. The number of hydrogen-bond donors (Lipinski definition) is 3. The zero-order chi connectivity index (χ0) is 12.8. The molecule has 98 valence electrons. The summed E-state index contributed by atoms with van der Waals surface area (Å²) in [5.74, 6) is -0.450. The maximum Gasteiger partial charge on any atom is 0.231 e. The Labute approximate surface area is 101 Å². The summed E-state index contributed by atoms with van der Waals surface area (Å²) in [4.78, 5) is 11.9. The van der Waals surface area contributed by atoms with Crippen LogP contribution in [0, 0.1) is 17.8 Å². The van der Waals surface area contributed by atoms with Gasteiger partial charge in [-0.05, 0) is 12.3 Å². The minimum atomic E-state index is -0.581. The van der Waals surface area contributed by atoms with Gasteiger partial charge in [0.2, 0.25) is 5.91 Å². The van der Waals surface area contributed by atoms with Gasteiger partial charge in [-0.15, -0.1) is 0 Å². The molecule has 0 spiro atoms. The molecule has 2 unspecified atom stereocenters. The molecule has 6 nitrogen and oxygen atoms in total. The van der Waals surface area contributed by atoms with Crippen molar-refractivity contribution in [2.45, 2.75) is 20.3 Å². The molecule has 1 heterocycles. The lowest BCUT2D eigenvalue weighted by Crippen LogP contribution is -2.43. The van der Waals surface area contributed by atoms with E-state index in [9.17, 15) is 4.79 Å². The summed E-state index contributed by atoms with van der Waals surface area (Å²) in [7, 11) is 0. The first-order valence-corrected chi connectivity index (χ1v) is 5.89. The monoisotopic (exact) mass is 243 g/mol. The Kier molecular flexibility index (Phi) is 5.21. The number of nitrogens with two attached hydrogens (primary N) is 1. The van der Waals surface area contributed by atoms with Crippen LogP contribution in [0.1, 0.15) is 20.3 Å². The number of carbonyl (C=O) groups is 1. The molecule has 0 bridgehead atoms. The summed E-state index contributed by atoms with van der Waals surface area (Å²) >= 11 is 0. The van der Waals surface area contributed by atoms with E-state index in [4.69, 9.17) is 15.7 Å². The van der Waals surface area contributed by atoms with Gasteiger partial charge in [-0.3, -0.25) is 4.79 Å². The molecule has 1 saturated heterocycles. The molecule has 4 N–H and O–H groups in total. The summed E-state index contributed by atoms with van der Waals surface area (Å²) in [5, 5.41) is 14.4. The Morgan fingerprint density at radius 1 is 1.65 bits per heavy atom. The lowest BCUT2D eigenvalue weighted by Gasteiger charge is -2.19. The number of nitrogens with one attached hydrogen (secondary N) is 1. The van der Waals surface area contributed by atoms with Crippen LogP contribution in [0.4, 0.5) is 0 Å². The second-order valence-corrected chi connectivity index (χ2v) is 4.72. The molecule has 0 aromatic heterocycles. The Bertz CT molecular complexity index is 286. The van der Waals surface area contributed by atoms with Crippen molar-refractivity contribution < 1.29 is 14.7 Å². The highest BCUT2D eigenvalue weighted by Crippen LogP contribution is 2.13. The largest absolute Gasteiger partial charge is 0.409 e. The smallest absolute Gasteiger partial charge is 0.231 e. The van der Waals surface area contributed by atoms with Crippen LogP contribution in [-0.4, -0.2) is 36.7 Å². The standard InChI is InChI=1S/C11H21N3O3/c1-7(2)9(10(12)14-16)11(15)13-5-8-3-4-17-6-8/h7-9,16H,3-6H2,1-2H3,(H2,12,14)(H,13,15). The maximum atomic E-state index is 11.9. The summed E-state index contributed by atoms with van der Waals surface area (Å²) in [5.41, 5.74) is 5.52. The first-order valence-electron chi connectivity index (χ1n) is 5.89. The molecule has 0 radical (unpaired) electrons. The maximum absolute atomic E-state index is 11.9. The summed E-state index contributed by atoms with van der Waals surface area (Å²) < 4.78 is 5.23. The van der Waals surface area contributed by atoms with E-state index in [1.807, 2.05) is 13.8 Å². The van der Waals surface area contributed by atoms with Gasteiger partial charge in [0.25, 0.3) is 0 Å². The Hall–Kier alpha value is -1.30. The van der Waals surface area contributed by atoms with Crippen LogP contribution in [0.5, 0.6) is 0 Å². The van der Waals surface area contributed by atoms with E-state index < -0.39 is 5.92 Å². The highest BCUT2D eigenvalue weighted by atomic mass is 16.5. The third-order valence-corrected chi connectivity index (χ3v) is 2.97. The molecule has 6 heteroatoms. The lowest BCUT2D eigenvalue weighted by atomic mass is 9.93. The van der Waals surface area contributed by atoms with Gasteiger partial charge < -0.3 is 21.0 Å². The van der Waals surface area contributed by atoms with Crippen molar-refractivity contribution in [1.29, 1.82) is 0 Å². The van der Waals surface area contributed by atoms with Crippen LogP contribution in [0.15, 0.2) is 5.16 Å². The molecule has 1 aliphatic rings. The van der Waals surface area contributed by atoms with Crippen molar-refractivity contribution in [2.75, 3.05) is 19.8 Å². The van der Waals surface area contributed by atoms with Crippen LogP contribution >= 0.6 is 0 Å².